The van der Waals surface area contributed by atoms with Crippen LogP contribution in [-0.2, 0) is 10.0 Å². The van der Waals surface area contributed by atoms with Gasteiger partial charge in [0, 0.05) is 25.7 Å². The van der Waals surface area contributed by atoms with Crippen LogP contribution in [0.4, 0.5) is 0 Å². The summed E-state index contributed by atoms with van der Waals surface area (Å²) in [5.41, 5.74) is 1.52. The molecule has 2 rings (SSSR count). The molecule has 0 aromatic carbocycles. The van der Waals surface area contributed by atoms with Gasteiger partial charge in [0.1, 0.15) is 0 Å². The van der Waals surface area contributed by atoms with Gasteiger partial charge in [-0.3, -0.25) is 0 Å². The summed E-state index contributed by atoms with van der Waals surface area (Å²) >= 11 is 0. The molecule has 4 nitrogen and oxygen atoms in total. The van der Waals surface area contributed by atoms with E-state index in [-0.39, 0.29) is 0 Å². The van der Waals surface area contributed by atoms with Gasteiger partial charge >= 0.3 is 0 Å². The van der Waals surface area contributed by atoms with Crippen molar-refractivity contribution >= 4 is 10.0 Å². The topological polar surface area (TPSA) is 49.4 Å². The normalized spacial score (nSPS) is 30.2. The largest absolute Gasteiger partial charge is 0.313 e. The van der Waals surface area contributed by atoms with E-state index in [1.807, 2.05) is 0 Å². The van der Waals surface area contributed by atoms with Gasteiger partial charge in [-0.1, -0.05) is 18.6 Å². The first kappa shape index (κ1) is 16.0. The van der Waals surface area contributed by atoms with Crippen LogP contribution in [0.25, 0.3) is 0 Å². The van der Waals surface area contributed by atoms with Crippen LogP contribution in [0, 0.1) is 11.8 Å². The molecule has 1 fully saturated rings. The monoisotopic (exact) mass is 300 g/mol. The maximum Gasteiger partial charge on any atom is 0.211 e. The molecular formula is C15H28N2O2S. The Kier molecular flexibility index (Phi) is 5.26. The molecule has 2 unspecified atom stereocenters. The molecule has 116 valence electrons. The lowest BCUT2D eigenvalue weighted by atomic mass is 9.80. The van der Waals surface area contributed by atoms with Crippen molar-refractivity contribution in [2.45, 2.75) is 45.6 Å². The van der Waals surface area contributed by atoms with Crippen LogP contribution in [0.3, 0.4) is 0 Å². The van der Waals surface area contributed by atoms with Gasteiger partial charge in [0.05, 0.1) is 6.26 Å². The third-order valence-corrected chi connectivity index (χ3v) is 6.21. The number of rotatable bonds is 4. The summed E-state index contributed by atoms with van der Waals surface area (Å²) in [6.45, 7) is 6.94. The van der Waals surface area contributed by atoms with E-state index in [1.165, 1.54) is 24.7 Å². The minimum atomic E-state index is -3.01. The number of sulfonamides is 1. The summed E-state index contributed by atoms with van der Waals surface area (Å²) in [6, 6.07) is 0.468. The first-order chi connectivity index (χ1) is 9.38. The van der Waals surface area contributed by atoms with Crippen LogP contribution in [0.2, 0.25) is 0 Å². The predicted octanol–water partition coefficient (Wildman–Crippen LogP) is 1.99. The maximum absolute atomic E-state index is 11.5. The van der Waals surface area contributed by atoms with Crippen molar-refractivity contribution in [2.24, 2.45) is 11.8 Å². The minimum Gasteiger partial charge on any atom is -0.313 e. The number of nitrogens with zero attached hydrogens (tertiary/aromatic N) is 1. The van der Waals surface area contributed by atoms with Crippen molar-refractivity contribution < 1.29 is 8.42 Å². The van der Waals surface area contributed by atoms with Crippen LogP contribution in [0.15, 0.2) is 11.6 Å². The summed E-state index contributed by atoms with van der Waals surface area (Å²) in [7, 11) is -3.01. The Morgan fingerprint density at radius 3 is 2.50 bits per heavy atom. The van der Waals surface area contributed by atoms with E-state index in [4.69, 9.17) is 0 Å². The average Bonchev–Trinajstić information content (AvgIpc) is 2.37. The van der Waals surface area contributed by atoms with Crippen molar-refractivity contribution in [1.82, 2.24) is 9.62 Å². The Bertz CT molecular complexity index is 450. The second-order valence-corrected chi connectivity index (χ2v) is 8.44. The average molecular weight is 300 g/mol. The van der Waals surface area contributed by atoms with Gasteiger partial charge < -0.3 is 5.32 Å². The van der Waals surface area contributed by atoms with E-state index in [2.05, 4.69) is 25.2 Å². The fourth-order valence-corrected chi connectivity index (χ4v) is 4.30. The highest BCUT2D eigenvalue weighted by atomic mass is 32.2. The second kappa shape index (κ2) is 6.58. The van der Waals surface area contributed by atoms with Gasteiger partial charge in [-0.25, -0.2) is 12.7 Å². The fraction of sp³-hybridized carbons (Fsp3) is 0.867. The van der Waals surface area contributed by atoms with Crippen LogP contribution < -0.4 is 5.32 Å². The molecule has 2 aliphatic rings. The third kappa shape index (κ3) is 4.06. The summed E-state index contributed by atoms with van der Waals surface area (Å²) in [6.07, 6.45) is 8.04. The van der Waals surface area contributed by atoms with Gasteiger partial charge in [0.25, 0.3) is 0 Å². The number of hydrogen-bond donors (Lipinski definition) is 1. The number of hydrogen-bond acceptors (Lipinski definition) is 3. The Morgan fingerprint density at radius 1 is 1.30 bits per heavy atom. The second-order valence-electron chi connectivity index (χ2n) is 6.45. The molecule has 1 heterocycles. The molecule has 0 radical (unpaired) electrons. The molecule has 0 aromatic rings. The van der Waals surface area contributed by atoms with Crippen molar-refractivity contribution in [2.75, 3.05) is 25.9 Å². The van der Waals surface area contributed by atoms with E-state index in [1.54, 1.807) is 4.31 Å². The summed E-state index contributed by atoms with van der Waals surface area (Å²) in [5, 5.41) is 3.66. The highest BCUT2D eigenvalue weighted by Gasteiger charge is 2.27. The Hall–Kier alpha value is -0.390. The van der Waals surface area contributed by atoms with E-state index >= 15 is 0 Å². The van der Waals surface area contributed by atoms with Gasteiger partial charge in [0.15, 0.2) is 0 Å². The van der Waals surface area contributed by atoms with Crippen molar-refractivity contribution in [3.05, 3.63) is 11.6 Å². The van der Waals surface area contributed by atoms with E-state index in [0.717, 1.165) is 25.3 Å². The molecule has 0 amide bonds. The van der Waals surface area contributed by atoms with Crippen molar-refractivity contribution in [1.29, 1.82) is 0 Å². The standard InChI is InChI=1S/C15H28N2O2S/c1-12-5-4-6-13(2)15(12)11-16-14-7-9-17(10-8-14)20(3,18)19/h5,13-16H,4,6-11H2,1-3H3. The smallest absolute Gasteiger partial charge is 0.211 e. The molecule has 20 heavy (non-hydrogen) atoms. The molecule has 5 heteroatoms. The van der Waals surface area contributed by atoms with Crippen LogP contribution >= 0.6 is 0 Å². The lowest BCUT2D eigenvalue weighted by Crippen LogP contribution is -2.46. The minimum absolute atomic E-state index is 0.468. The van der Waals surface area contributed by atoms with E-state index in [0.29, 0.717) is 25.0 Å². The Balaban J connectivity index is 1.79. The molecule has 0 aromatic heterocycles. The molecule has 0 saturated carbocycles. The first-order valence-corrected chi connectivity index (χ1v) is 9.58. The van der Waals surface area contributed by atoms with Crippen molar-refractivity contribution in [3.63, 3.8) is 0 Å². The highest BCUT2D eigenvalue weighted by molar-refractivity contribution is 7.88. The molecule has 0 bridgehead atoms. The Morgan fingerprint density at radius 2 is 1.95 bits per heavy atom. The van der Waals surface area contributed by atoms with Gasteiger partial charge in [0.2, 0.25) is 10.0 Å². The summed E-state index contributed by atoms with van der Waals surface area (Å²) < 4.78 is 24.6. The fourth-order valence-electron chi connectivity index (χ4n) is 3.42. The maximum atomic E-state index is 11.5. The highest BCUT2D eigenvalue weighted by Crippen LogP contribution is 2.29. The van der Waals surface area contributed by atoms with Crippen molar-refractivity contribution in [3.8, 4) is 0 Å². The molecule has 1 N–H and O–H groups in total. The molecular weight excluding hydrogens is 272 g/mol. The SMILES string of the molecule is CC1=CCCC(C)C1CNC1CCN(S(C)(=O)=O)CC1. The zero-order chi connectivity index (χ0) is 14.8. The zero-order valence-electron chi connectivity index (χ0n) is 12.9. The number of allylic oxidation sites excluding steroid dienone is 1. The molecule has 0 spiro atoms. The Labute approximate surface area is 123 Å². The van der Waals surface area contributed by atoms with Gasteiger partial charge in [-0.2, -0.15) is 0 Å². The zero-order valence-corrected chi connectivity index (χ0v) is 13.7. The predicted molar refractivity (Wildman–Crippen MR) is 83.1 cm³/mol. The van der Waals surface area contributed by atoms with Crippen LogP contribution in [-0.4, -0.2) is 44.7 Å². The van der Waals surface area contributed by atoms with Gasteiger partial charge in [-0.15, -0.1) is 0 Å². The van der Waals surface area contributed by atoms with E-state index < -0.39 is 10.0 Å². The third-order valence-electron chi connectivity index (χ3n) is 4.91. The molecule has 1 saturated heterocycles. The summed E-state index contributed by atoms with van der Waals surface area (Å²) in [4.78, 5) is 0. The summed E-state index contributed by atoms with van der Waals surface area (Å²) in [5.74, 6) is 1.40. The number of piperidine rings is 1. The molecule has 1 aliphatic carbocycles. The first-order valence-electron chi connectivity index (χ1n) is 7.73. The quantitative estimate of drug-likeness (QED) is 0.808. The van der Waals surface area contributed by atoms with Crippen LogP contribution in [0.5, 0.6) is 0 Å². The molecule has 2 atom stereocenters. The van der Waals surface area contributed by atoms with Crippen LogP contribution in [0.1, 0.15) is 39.5 Å². The molecule has 1 aliphatic heterocycles. The van der Waals surface area contributed by atoms with E-state index in [9.17, 15) is 8.42 Å². The van der Waals surface area contributed by atoms with Gasteiger partial charge in [-0.05, 0) is 44.4 Å². The lowest BCUT2D eigenvalue weighted by Gasteiger charge is -2.34. The number of nitrogens with one attached hydrogen (secondary N) is 1. The lowest BCUT2D eigenvalue weighted by molar-refractivity contribution is 0.268.